The molecule has 0 bridgehead atoms. The van der Waals surface area contributed by atoms with Crippen molar-refractivity contribution in [2.24, 2.45) is 11.8 Å². The molecule has 1 rings (SSSR count). The Bertz CT molecular complexity index is 735. The minimum Gasteiger partial charge on any atom is -0.478 e. The highest BCUT2D eigenvalue weighted by Gasteiger charge is 2.43. The molecule has 1 aliphatic heterocycles. The Labute approximate surface area is 205 Å². The lowest BCUT2D eigenvalue weighted by molar-refractivity contribution is -0.287. The lowest BCUT2D eigenvalue weighted by atomic mass is 9.93. The summed E-state index contributed by atoms with van der Waals surface area (Å²) in [5.74, 6) is -2.76. The molecule has 0 unspecified atom stereocenters. The minimum atomic E-state index is -1.76. The SMILES string of the molecule is CC(=C\C(=O)O)/C=C(\C)C[C@@H](C)CCCC[C@@H](O)[C@@H](CO)C(=O)OC[C@H]1O[C@@H](O)[C@@H](O)[C@@H](O)[C@H]1O. The first-order valence-corrected chi connectivity index (χ1v) is 11.8. The number of carboxylic acid groups (broad SMARTS) is 1. The van der Waals surface area contributed by atoms with Crippen LogP contribution in [0.4, 0.5) is 0 Å². The van der Waals surface area contributed by atoms with Gasteiger partial charge in [-0.2, -0.15) is 0 Å². The third-order valence-corrected chi connectivity index (χ3v) is 5.98. The van der Waals surface area contributed by atoms with E-state index in [0.29, 0.717) is 17.9 Å². The minimum absolute atomic E-state index is 0.258. The molecule has 11 nitrogen and oxygen atoms in total. The van der Waals surface area contributed by atoms with Gasteiger partial charge in [0.2, 0.25) is 0 Å². The first kappa shape index (κ1) is 31.2. The average molecular weight is 505 g/mol. The van der Waals surface area contributed by atoms with Crippen molar-refractivity contribution in [3.63, 3.8) is 0 Å². The summed E-state index contributed by atoms with van der Waals surface area (Å²) in [6.07, 6.45) is -2.89. The number of rotatable bonds is 14. The average Bonchev–Trinajstić information content (AvgIpc) is 2.76. The number of carbonyl (C=O) groups excluding carboxylic acids is 1. The van der Waals surface area contributed by atoms with E-state index in [-0.39, 0.29) is 6.42 Å². The lowest BCUT2D eigenvalue weighted by Crippen LogP contribution is -2.58. The summed E-state index contributed by atoms with van der Waals surface area (Å²) in [6, 6.07) is 0. The molecule has 0 aliphatic carbocycles. The molecule has 1 heterocycles. The summed E-state index contributed by atoms with van der Waals surface area (Å²) in [6.45, 7) is 4.55. The zero-order chi connectivity index (χ0) is 26.7. The van der Waals surface area contributed by atoms with Crippen molar-refractivity contribution in [3.05, 3.63) is 23.3 Å². The van der Waals surface area contributed by atoms with Crippen molar-refractivity contribution < 1.29 is 54.8 Å². The van der Waals surface area contributed by atoms with Gasteiger partial charge in [0.25, 0.3) is 0 Å². The maximum absolute atomic E-state index is 12.3. The van der Waals surface area contributed by atoms with Crippen molar-refractivity contribution in [3.8, 4) is 0 Å². The number of allylic oxidation sites excluding steroid dienone is 3. The van der Waals surface area contributed by atoms with Crippen molar-refractivity contribution in [1.29, 1.82) is 0 Å². The third kappa shape index (κ3) is 10.7. The predicted octanol–water partition coefficient (Wildman–Crippen LogP) is -0.137. The Morgan fingerprint density at radius 2 is 1.63 bits per heavy atom. The van der Waals surface area contributed by atoms with Crippen LogP contribution in [0.1, 0.15) is 52.9 Å². The molecule has 8 atom stereocenters. The van der Waals surface area contributed by atoms with Gasteiger partial charge < -0.3 is 45.2 Å². The summed E-state index contributed by atoms with van der Waals surface area (Å²) in [7, 11) is 0. The van der Waals surface area contributed by atoms with Crippen LogP contribution in [0.5, 0.6) is 0 Å². The maximum atomic E-state index is 12.3. The Balaban J connectivity index is 2.42. The monoisotopic (exact) mass is 504 g/mol. The van der Waals surface area contributed by atoms with Crippen LogP contribution in [0, 0.1) is 11.8 Å². The maximum Gasteiger partial charge on any atom is 0.328 e. The van der Waals surface area contributed by atoms with Gasteiger partial charge in [0.05, 0.1) is 12.7 Å². The molecule has 0 aromatic carbocycles. The van der Waals surface area contributed by atoms with Gasteiger partial charge in [-0.05, 0) is 38.2 Å². The normalized spacial score (nSPS) is 28.3. The van der Waals surface area contributed by atoms with Gasteiger partial charge >= 0.3 is 11.9 Å². The molecule has 0 aromatic rings. The largest absolute Gasteiger partial charge is 0.478 e. The first-order valence-electron chi connectivity index (χ1n) is 11.8. The number of unbranched alkanes of at least 4 members (excludes halogenated alkanes) is 1. The number of carboxylic acids is 1. The number of hydrogen-bond donors (Lipinski definition) is 7. The second-order valence-electron chi connectivity index (χ2n) is 9.33. The Morgan fingerprint density at radius 1 is 1.00 bits per heavy atom. The van der Waals surface area contributed by atoms with Crippen LogP contribution in [-0.2, 0) is 19.1 Å². The van der Waals surface area contributed by atoms with E-state index < -0.39 is 67.9 Å². The molecule has 0 saturated carbocycles. The van der Waals surface area contributed by atoms with Crippen molar-refractivity contribution in [2.75, 3.05) is 13.2 Å². The van der Waals surface area contributed by atoms with Crippen molar-refractivity contribution in [1.82, 2.24) is 0 Å². The molecule has 1 aliphatic rings. The second-order valence-corrected chi connectivity index (χ2v) is 9.33. The Morgan fingerprint density at radius 3 is 2.23 bits per heavy atom. The van der Waals surface area contributed by atoms with Gasteiger partial charge in [-0.3, -0.25) is 4.79 Å². The lowest BCUT2D eigenvalue weighted by Gasteiger charge is -2.38. The van der Waals surface area contributed by atoms with E-state index >= 15 is 0 Å². The highest BCUT2D eigenvalue weighted by atomic mass is 16.6. The van der Waals surface area contributed by atoms with Gasteiger partial charge in [0.1, 0.15) is 36.9 Å². The molecule has 1 saturated heterocycles. The second kappa shape index (κ2) is 15.3. The van der Waals surface area contributed by atoms with E-state index in [2.05, 4.69) is 6.92 Å². The highest BCUT2D eigenvalue weighted by Crippen LogP contribution is 2.22. The number of aliphatic hydroxyl groups excluding tert-OH is 6. The van der Waals surface area contributed by atoms with Crippen LogP contribution in [0.3, 0.4) is 0 Å². The third-order valence-electron chi connectivity index (χ3n) is 5.98. The molecule has 0 amide bonds. The van der Waals surface area contributed by atoms with Crippen LogP contribution >= 0.6 is 0 Å². The van der Waals surface area contributed by atoms with E-state index in [1.54, 1.807) is 6.92 Å². The van der Waals surface area contributed by atoms with Gasteiger partial charge in [-0.25, -0.2) is 4.79 Å². The standard InChI is InChI=1S/C24H40O11/c1-13(8-14(2)9-15(3)10-19(27)28)6-4-5-7-17(26)16(11-25)23(32)34-12-18-20(29)21(30)22(31)24(33)35-18/h9-10,13,16-18,20-22,24-26,29-31,33H,4-8,11-12H2,1-3H3,(H,27,28)/b14-9+,15-10+/t13-,16+,17+,18+,20-,21-,22-,24+/m0/s1. The molecule has 0 aromatic heterocycles. The van der Waals surface area contributed by atoms with E-state index in [1.165, 1.54) is 0 Å². The number of aliphatic hydroxyl groups is 6. The first-order chi connectivity index (χ1) is 16.4. The Kier molecular flexibility index (Phi) is 13.6. The summed E-state index contributed by atoms with van der Waals surface area (Å²) in [5.41, 5.74) is 1.74. The van der Waals surface area contributed by atoms with E-state index in [9.17, 15) is 40.2 Å². The topological polar surface area (TPSA) is 194 Å². The molecule has 11 heteroatoms. The summed E-state index contributed by atoms with van der Waals surface area (Å²) in [5, 5.41) is 67.3. The fourth-order valence-electron chi connectivity index (χ4n) is 4.08. The zero-order valence-electron chi connectivity index (χ0n) is 20.5. The molecule has 202 valence electrons. The summed E-state index contributed by atoms with van der Waals surface area (Å²) >= 11 is 0. The number of aliphatic carboxylic acids is 1. The molecule has 35 heavy (non-hydrogen) atoms. The molecule has 7 N–H and O–H groups in total. The van der Waals surface area contributed by atoms with Gasteiger partial charge in [-0.15, -0.1) is 0 Å². The quantitative estimate of drug-likeness (QED) is 0.0720. The number of carbonyl (C=O) groups is 2. The Hall–Kier alpha value is -1.86. The number of ether oxygens (including phenoxy) is 2. The van der Waals surface area contributed by atoms with Crippen molar-refractivity contribution in [2.45, 2.75) is 89.7 Å². The molecule has 0 radical (unpaired) electrons. The number of hydrogen-bond acceptors (Lipinski definition) is 10. The van der Waals surface area contributed by atoms with Gasteiger partial charge in [-0.1, -0.05) is 37.8 Å². The highest BCUT2D eigenvalue weighted by molar-refractivity contribution is 5.81. The van der Waals surface area contributed by atoms with Crippen LogP contribution < -0.4 is 0 Å². The number of esters is 1. The molecular weight excluding hydrogens is 464 g/mol. The molecule has 0 spiro atoms. The van der Waals surface area contributed by atoms with Crippen molar-refractivity contribution >= 4 is 11.9 Å². The summed E-state index contributed by atoms with van der Waals surface area (Å²) in [4.78, 5) is 23.0. The zero-order valence-corrected chi connectivity index (χ0v) is 20.5. The van der Waals surface area contributed by atoms with E-state index in [4.69, 9.17) is 14.6 Å². The fraction of sp³-hybridized carbons (Fsp3) is 0.750. The predicted molar refractivity (Wildman–Crippen MR) is 124 cm³/mol. The van der Waals surface area contributed by atoms with E-state index in [1.807, 2.05) is 13.0 Å². The summed E-state index contributed by atoms with van der Waals surface area (Å²) < 4.78 is 9.94. The molecular formula is C24H40O11. The smallest absolute Gasteiger partial charge is 0.328 e. The van der Waals surface area contributed by atoms with Crippen LogP contribution in [0.25, 0.3) is 0 Å². The molecule has 1 fully saturated rings. The van der Waals surface area contributed by atoms with Crippen LogP contribution in [0.2, 0.25) is 0 Å². The fourth-order valence-corrected chi connectivity index (χ4v) is 4.08. The van der Waals surface area contributed by atoms with Gasteiger partial charge in [0, 0.05) is 6.08 Å². The van der Waals surface area contributed by atoms with Gasteiger partial charge in [0.15, 0.2) is 6.29 Å². The van der Waals surface area contributed by atoms with Crippen LogP contribution in [0.15, 0.2) is 23.3 Å². The van der Waals surface area contributed by atoms with E-state index in [0.717, 1.165) is 30.9 Å². The van der Waals surface area contributed by atoms with Crippen LogP contribution in [-0.4, -0.2) is 97.7 Å².